The second kappa shape index (κ2) is 11.8. The van der Waals surface area contributed by atoms with Gasteiger partial charge in [0.1, 0.15) is 10.5 Å². The number of aromatic nitrogens is 6. The van der Waals surface area contributed by atoms with E-state index < -0.39 is 10.5 Å². The summed E-state index contributed by atoms with van der Waals surface area (Å²) in [5.41, 5.74) is 2.72. The Morgan fingerprint density at radius 1 is 1.29 bits per heavy atom. The number of thiophene rings is 1. The molecule has 1 fully saturated rings. The van der Waals surface area contributed by atoms with Gasteiger partial charge in [-0.05, 0) is 43.2 Å². The highest BCUT2D eigenvalue weighted by Crippen LogP contribution is 2.42. The third-order valence-corrected chi connectivity index (χ3v) is 9.25. The van der Waals surface area contributed by atoms with E-state index in [9.17, 15) is 15.2 Å². The largest absolute Gasteiger partial charge is 0.379 e. The predicted molar refractivity (Wildman–Crippen MR) is 160 cm³/mol. The third-order valence-electron chi connectivity index (χ3n) is 7.14. The zero-order valence-electron chi connectivity index (χ0n) is 23.6. The molecule has 1 atom stereocenters. The number of nitrogens with one attached hydrogen (secondary N) is 1. The van der Waals surface area contributed by atoms with Crippen LogP contribution in [0.5, 0.6) is 0 Å². The van der Waals surface area contributed by atoms with Crippen LogP contribution in [0.2, 0.25) is 0 Å². The van der Waals surface area contributed by atoms with E-state index in [4.69, 9.17) is 9.97 Å². The SMILES string of the molecule is CCC(C)(O)SN1CC(CC#N)(n2cc(-c3nc(Nc4cnn(CCCC(=O)N(C)C)c4)nc4ccsc34)cn2)C1. The van der Waals surface area contributed by atoms with Crippen LogP contribution in [0.4, 0.5) is 11.6 Å². The van der Waals surface area contributed by atoms with Crippen LogP contribution in [0, 0.1) is 11.3 Å². The van der Waals surface area contributed by atoms with E-state index in [1.54, 1.807) is 54.3 Å². The molecule has 41 heavy (non-hydrogen) atoms. The monoisotopic (exact) mass is 594 g/mol. The summed E-state index contributed by atoms with van der Waals surface area (Å²) in [4.78, 5) is 22.1. The number of carbonyl (C=O) groups excluding carboxylic acids is 1. The molecule has 1 aliphatic rings. The minimum absolute atomic E-state index is 0.0977. The summed E-state index contributed by atoms with van der Waals surface area (Å²) in [6.45, 7) is 5.61. The smallest absolute Gasteiger partial charge is 0.228 e. The summed E-state index contributed by atoms with van der Waals surface area (Å²) in [6.07, 6.45) is 9.45. The van der Waals surface area contributed by atoms with E-state index in [1.165, 1.54) is 11.9 Å². The Hall–Kier alpha value is -3.51. The lowest BCUT2D eigenvalue weighted by Crippen LogP contribution is -2.61. The van der Waals surface area contributed by atoms with Crippen LogP contribution in [0.1, 0.15) is 39.5 Å². The van der Waals surface area contributed by atoms with Crippen LogP contribution >= 0.6 is 23.3 Å². The minimum Gasteiger partial charge on any atom is -0.379 e. The van der Waals surface area contributed by atoms with Crippen molar-refractivity contribution in [2.75, 3.05) is 32.5 Å². The number of fused-ring (bicyclic) bond motifs is 1. The number of nitriles is 1. The molecular weight excluding hydrogens is 560 g/mol. The number of amides is 1. The second-order valence-electron chi connectivity index (χ2n) is 10.7. The molecule has 0 aliphatic carbocycles. The third kappa shape index (κ3) is 6.38. The van der Waals surface area contributed by atoms with Crippen LogP contribution in [0.3, 0.4) is 0 Å². The van der Waals surface area contributed by atoms with E-state index in [0.29, 0.717) is 51.3 Å². The fourth-order valence-corrected chi connectivity index (χ4v) is 6.75. The number of nitrogens with zero attached hydrogens (tertiary/aromatic N) is 9. The standard InChI is InChI=1S/C27H34N10O2S2/c1-5-26(2,39)41-36-17-27(18-36,9-10-28)37-15-19(13-30-37)23-24-21(8-12-40-24)32-25(33-23)31-20-14-29-35(16-20)11-6-7-22(38)34(3)4/h8,12-16,39H,5-7,9,11,17-18H2,1-4H3,(H,31,32,33). The quantitative estimate of drug-likeness (QED) is 0.182. The molecule has 1 aliphatic heterocycles. The first-order chi connectivity index (χ1) is 19.6. The summed E-state index contributed by atoms with van der Waals surface area (Å²) >= 11 is 2.98. The van der Waals surface area contributed by atoms with Crippen molar-refractivity contribution in [1.29, 1.82) is 5.26 Å². The van der Waals surface area contributed by atoms with Gasteiger partial charge in [-0.2, -0.15) is 15.5 Å². The van der Waals surface area contributed by atoms with Crippen molar-refractivity contribution in [2.45, 2.75) is 56.5 Å². The van der Waals surface area contributed by atoms with Crippen LogP contribution in [0.25, 0.3) is 21.5 Å². The van der Waals surface area contributed by atoms with Gasteiger partial charge < -0.3 is 15.3 Å². The number of hydrogen-bond acceptors (Lipinski definition) is 11. The molecule has 5 rings (SSSR count). The average molecular weight is 595 g/mol. The van der Waals surface area contributed by atoms with Gasteiger partial charge in [0, 0.05) is 58.1 Å². The molecule has 1 amide bonds. The van der Waals surface area contributed by atoms with E-state index in [1.807, 2.05) is 35.4 Å². The first-order valence-corrected chi connectivity index (χ1v) is 15.1. The molecule has 4 aromatic heterocycles. The Labute approximate surface area is 247 Å². The van der Waals surface area contributed by atoms with Gasteiger partial charge in [-0.3, -0.25) is 14.2 Å². The Kier molecular flexibility index (Phi) is 8.32. The normalized spacial score (nSPS) is 16.2. The first kappa shape index (κ1) is 29.0. The summed E-state index contributed by atoms with van der Waals surface area (Å²) in [7, 11) is 3.51. The van der Waals surface area contributed by atoms with Gasteiger partial charge in [-0.15, -0.1) is 11.3 Å². The van der Waals surface area contributed by atoms with E-state index >= 15 is 0 Å². The molecule has 4 aromatic rings. The molecule has 0 bridgehead atoms. The van der Waals surface area contributed by atoms with Gasteiger partial charge in [0.2, 0.25) is 11.9 Å². The van der Waals surface area contributed by atoms with Gasteiger partial charge >= 0.3 is 0 Å². The topological polar surface area (TPSA) is 141 Å². The lowest BCUT2D eigenvalue weighted by atomic mass is 9.89. The maximum absolute atomic E-state index is 11.8. The van der Waals surface area contributed by atoms with Gasteiger partial charge in [0.05, 0.1) is 46.5 Å². The van der Waals surface area contributed by atoms with Crippen molar-refractivity contribution in [3.63, 3.8) is 0 Å². The molecule has 12 nitrogen and oxygen atoms in total. The molecule has 0 saturated carbocycles. The molecule has 216 valence electrons. The van der Waals surface area contributed by atoms with Crippen LogP contribution in [-0.2, 0) is 16.9 Å². The lowest BCUT2D eigenvalue weighted by Gasteiger charge is -2.49. The van der Waals surface area contributed by atoms with E-state index in [2.05, 4.69) is 25.9 Å². The minimum atomic E-state index is -0.842. The summed E-state index contributed by atoms with van der Waals surface area (Å²) in [5, 5.41) is 34.4. The number of hydrogen-bond donors (Lipinski definition) is 2. The van der Waals surface area contributed by atoms with E-state index in [-0.39, 0.29) is 5.91 Å². The zero-order valence-corrected chi connectivity index (χ0v) is 25.2. The van der Waals surface area contributed by atoms with Gasteiger partial charge in [0.15, 0.2) is 0 Å². The molecule has 0 radical (unpaired) electrons. The summed E-state index contributed by atoms with van der Waals surface area (Å²) < 4.78 is 6.72. The Balaban J connectivity index is 1.33. The fraction of sp³-hybridized carbons (Fsp3) is 0.481. The Morgan fingerprint density at radius 2 is 2.10 bits per heavy atom. The van der Waals surface area contributed by atoms with Gasteiger partial charge in [-0.1, -0.05) is 6.92 Å². The van der Waals surface area contributed by atoms with E-state index in [0.717, 1.165) is 27.2 Å². The average Bonchev–Trinajstić information content (AvgIpc) is 3.68. The highest BCUT2D eigenvalue weighted by molar-refractivity contribution is 7.98. The van der Waals surface area contributed by atoms with Gasteiger partial charge in [0.25, 0.3) is 0 Å². The molecule has 14 heteroatoms. The zero-order chi connectivity index (χ0) is 29.2. The Morgan fingerprint density at radius 3 is 2.83 bits per heavy atom. The maximum Gasteiger partial charge on any atom is 0.228 e. The van der Waals surface area contributed by atoms with Crippen LogP contribution in [-0.4, -0.2) is 81.9 Å². The predicted octanol–water partition coefficient (Wildman–Crippen LogP) is 4.05. The van der Waals surface area contributed by atoms with Crippen LogP contribution in [0.15, 0.2) is 36.2 Å². The van der Waals surface area contributed by atoms with Crippen molar-refractivity contribution in [3.05, 3.63) is 36.2 Å². The van der Waals surface area contributed by atoms with Crippen molar-refractivity contribution in [2.24, 2.45) is 0 Å². The van der Waals surface area contributed by atoms with Crippen LogP contribution < -0.4 is 5.32 Å². The lowest BCUT2D eigenvalue weighted by molar-refractivity contribution is -0.128. The molecule has 5 heterocycles. The molecule has 1 saturated heterocycles. The summed E-state index contributed by atoms with van der Waals surface area (Å²) in [6, 6.07) is 4.28. The number of aliphatic hydroxyl groups is 1. The van der Waals surface area contributed by atoms with Crippen molar-refractivity contribution in [1.82, 2.24) is 38.7 Å². The first-order valence-electron chi connectivity index (χ1n) is 13.5. The molecule has 0 aromatic carbocycles. The molecule has 1 unspecified atom stereocenters. The Bertz CT molecular complexity index is 1560. The number of rotatable bonds is 12. The highest BCUT2D eigenvalue weighted by atomic mass is 32.2. The number of anilines is 2. The second-order valence-corrected chi connectivity index (χ2v) is 13.2. The summed E-state index contributed by atoms with van der Waals surface area (Å²) in [5.74, 6) is 0.543. The van der Waals surface area contributed by atoms with Gasteiger partial charge in [-0.25, -0.2) is 14.3 Å². The molecule has 2 N–H and O–H groups in total. The van der Waals surface area contributed by atoms with Crippen molar-refractivity contribution in [3.8, 4) is 17.3 Å². The molecule has 0 spiro atoms. The van der Waals surface area contributed by atoms with Crippen molar-refractivity contribution < 1.29 is 9.90 Å². The van der Waals surface area contributed by atoms with Crippen molar-refractivity contribution >= 4 is 51.0 Å². The maximum atomic E-state index is 11.8. The highest BCUT2D eigenvalue weighted by Gasteiger charge is 2.47. The molecular formula is C27H34N10O2S2. The number of carbonyl (C=O) groups is 1. The number of aryl methyl sites for hydroxylation is 1. The fourth-order valence-electron chi connectivity index (χ4n) is 4.62.